The third-order valence-corrected chi connectivity index (χ3v) is 4.73. The van der Waals surface area contributed by atoms with Crippen molar-refractivity contribution in [1.29, 1.82) is 0 Å². The fourth-order valence-electron chi connectivity index (χ4n) is 1.75. The van der Waals surface area contributed by atoms with E-state index in [1.54, 1.807) is 24.3 Å². The molecule has 0 atom stereocenters. The number of nitrogens with one attached hydrogen (secondary N) is 1. The number of halogens is 2. The molecule has 0 heterocycles. The zero-order chi connectivity index (χ0) is 16.3. The van der Waals surface area contributed by atoms with Gasteiger partial charge in [0, 0.05) is 11.0 Å². The predicted molar refractivity (Wildman–Crippen MR) is 81.5 cm³/mol. The Labute approximate surface area is 135 Å². The van der Waals surface area contributed by atoms with Crippen molar-refractivity contribution in [2.75, 3.05) is 0 Å². The third-order valence-electron chi connectivity index (χ3n) is 2.82. The van der Waals surface area contributed by atoms with Crippen molar-refractivity contribution in [2.45, 2.75) is 11.4 Å². The molecule has 0 aliphatic rings. The number of rotatable bonds is 5. The van der Waals surface area contributed by atoms with Crippen LogP contribution in [0.2, 0.25) is 0 Å². The van der Waals surface area contributed by atoms with Crippen LogP contribution < -0.4 is 4.72 Å². The molecule has 22 heavy (non-hydrogen) atoms. The van der Waals surface area contributed by atoms with E-state index in [4.69, 9.17) is 5.11 Å². The zero-order valence-corrected chi connectivity index (χ0v) is 13.5. The van der Waals surface area contributed by atoms with Gasteiger partial charge in [0.15, 0.2) is 0 Å². The van der Waals surface area contributed by atoms with Crippen LogP contribution >= 0.6 is 15.9 Å². The van der Waals surface area contributed by atoms with Crippen molar-refractivity contribution in [3.63, 3.8) is 0 Å². The largest absolute Gasteiger partial charge is 0.478 e. The van der Waals surface area contributed by atoms with Crippen LogP contribution in [0.5, 0.6) is 0 Å². The van der Waals surface area contributed by atoms with E-state index in [0.29, 0.717) is 5.56 Å². The van der Waals surface area contributed by atoms with E-state index in [9.17, 15) is 17.6 Å². The van der Waals surface area contributed by atoms with Crippen LogP contribution in [0, 0.1) is 5.82 Å². The molecule has 0 radical (unpaired) electrons. The molecule has 2 aromatic carbocycles. The van der Waals surface area contributed by atoms with Crippen molar-refractivity contribution in [2.24, 2.45) is 0 Å². The highest BCUT2D eigenvalue weighted by Gasteiger charge is 2.20. The normalized spacial score (nSPS) is 11.4. The van der Waals surface area contributed by atoms with Crippen molar-refractivity contribution in [3.05, 3.63) is 63.9 Å². The highest BCUT2D eigenvalue weighted by Crippen LogP contribution is 2.17. The van der Waals surface area contributed by atoms with Crippen LogP contribution in [0.4, 0.5) is 4.39 Å². The van der Waals surface area contributed by atoms with Crippen molar-refractivity contribution in [1.82, 2.24) is 4.72 Å². The van der Waals surface area contributed by atoms with Crippen molar-refractivity contribution >= 4 is 31.9 Å². The minimum atomic E-state index is -4.16. The molecule has 2 N–H and O–H groups in total. The average Bonchev–Trinajstić information content (AvgIpc) is 2.45. The second-order valence-electron chi connectivity index (χ2n) is 4.40. The summed E-state index contributed by atoms with van der Waals surface area (Å²) in [6.45, 7) is -0.0431. The second kappa shape index (κ2) is 6.55. The number of carbonyl (C=O) groups is 1. The Morgan fingerprint density at radius 3 is 2.59 bits per heavy atom. The first-order valence-electron chi connectivity index (χ1n) is 6.06. The number of hydrogen-bond donors (Lipinski definition) is 2. The number of carboxylic acid groups (broad SMARTS) is 1. The minimum absolute atomic E-state index is 0.0431. The smallest absolute Gasteiger partial charge is 0.335 e. The first-order chi connectivity index (χ1) is 10.3. The van der Waals surface area contributed by atoms with Crippen molar-refractivity contribution < 1.29 is 22.7 Å². The van der Waals surface area contributed by atoms with Gasteiger partial charge in [0.1, 0.15) is 10.7 Å². The summed E-state index contributed by atoms with van der Waals surface area (Å²) < 4.78 is 41.0. The first kappa shape index (κ1) is 16.6. The Morgan fingerprint density at radius 2 is 1.95 bits per heavy atom. The maximum absolute atomic E-state index is 13.7. The number of aromatic carboxylic acids is 1. The number of benzene rings is 2. The lowest BCUT2D eigenvalue weighted by atomic mass is 10.2. The van der Waals surface area contributed by atoms with Gasteiger partial charge in [-0.2, -0.15) is 0 Å². The second-order valence-corrected chi connectivity index (χ2v) is 7.06. The molecule has 0 aliphatic carbocycles. The van der Waals surface area contributed by atoms with Crippen LogP contribution in [0.15, 0.2) is 51.8 Å². The van der Waals surface area contributed by atoms with Gasteiger partial charge in [-0.1, -0.05) is 28.1 Å². The molecule has 0 fully saturated rings. The van der Waals surface area contributed by atoms with E-state index in [2.05, 4.69) is 20.7 Å². The molecule has 0 aromatic heterocycles. The monoisotopic (exact) mass is 387 g/mol. The van der Waals surface area contributed by atoms with Gasteiger partial charge in [0.05, 0.1) is 5.56 Å². The predicted octanol–water partition coefficient (Wildman–Crippen LogP) is 2.76. The maximum atomic E-state index is 13.7. The molecule has 116 valence electrons. The SMILES string of the molecule is O=C(O)c1ccc(F)c(S(=O)(=O)NCc2cccc(Br)c2)c1. The lowest BCUT2D eigenvalue weighted by Crippen LogP contribution is -2.24. The summed E-state index contributed by atoms with van der Waals surface area (Å²) in [4.78, 5) is 10.2. The Kier molecular flexibility index (Phi) is 4.94. The molecule has 5 nitrogen and oxygen atoms in total. The third kappa shape index (κ3) is 3.90. The molecule has 8 heteroatoms. The Morgan fingerprint density at radius 1 is 1.23 bits per heavy atom. The van der Waals surface area contributed by atoms with Crippen LogP contribution in [0.25, 0.3) is 0 Å². The van der Waals surface area contributed by atoms with Crippen LogP contribution in [-0.4, -0.2) is 19.5 Å². The molecule has 0 saturated carbocycles. The van der Waals surface area contributed by atoms with Gasteiger partial charge in [-0.3, -0.25) is 0 Å². The van der Waals surface area contributed by atoms with Crippen LogP contribution in [-0.2, 0) is 16.6 Å². The molecular formula is C14H11BrFNO4S. The quantitative estimate of drug-likeness (QED) is 0.825. The minimum Gasteiger partial charge on any atom is -0.478 e. The van der Waals surface area contributed by atoms with E-state index in [1.165, 1.54) is 0 Å². The molecule has 2 rings (SSSR count). The molecule has 0 bridgehead atoms. The van der Waals surface area contributed by atoms with Gasteiger partial charge in [0.25, 0.3) is 0 Å². The molecular weight excluding hydrogens is 377 g/mol. The Bertz CT molecular complexity index is 823. The van der Waals surface area contributed by atoms with Gasteiger partial charge >= 0.3 is 5.97 Å². The number of carboxylic acids is 1. The summed E-state index contributed by atoms with van der Waals surface area (Å²) in [5.41, 5.74) is 0.372. The average molecular weight is 388 g/mol. The summed E-state index contributed by atoms with van der Waals surface area (Å²) >= 11 is 3.26. The lowest BCUT2D eigenvalue weighted by molar-refractivity contribution is 0.0696. The fraction of sp³-hybridized carbons (Fsp3) is 0.0714. The number of sulfonamides is 1. The van der Waals surface area contributed by atoms with E-state index in [0.717, 1.165) is 22.7 Å². The molecule has 0 amide bonds. The van der Waals surface area contributed by atoms with Crippen molar-refractivity contribution in [3.8, 4) is 0 Å². The van der Waals surface area contributed by atoms with Gasteiger partial charge in [-0.05, 0) is 35.9 Å². The zero-order valence-electron chi connectivity index (χ0n) is 11.1. The summed E-state index contributed by atoms with van der Waals surface area (Å²) in [6.07, 6.45) is 0. The van der Waals surface area contributed by atoms with Gasteiger partial charge in [-0.25, -0.2) is 22.3 Å². The first-order valence-corrected chi connectivity index (χ1v) is 8.34. The van der Waals surface area contributed by atoms with Gasteiger partial charge in [-0.15, -0.1) is 0 Å². The summed E-state index contributed by atoms with van der Waals surface area (Å²) in [6, 6.07) is 9.56. The molecule has 0 saturated heterocycles. The summed E-state index contributed by atoms with van der Waals surface area (Å²) in [7, 11) is -4.16. The Hall–Kier alpha value is -1.77. The Balaban J connectivity index is 2.27. The topological polar surface area (TPSA) is 83.5 Å². The standard InChI is InChI=1S/C14H11BrFNO4S/c15-11-3-1-2-9(6-11)8-17-22(20,21)13-7-10(14(18)19)4-5-12(13)16/h1-7,17H,8H2,(H,18,19). The van der Waals surface area contributed by atoms with E-state index in [1.807, 2.05) is 0 Å². The maximum Gasteiger partial charge on any atom is 0.335 e. The van der Waals surface area contributed by atoms with E-state index < -0.39 is 26.7 Å². The van der Waals surface area contributed by atoms with Crippen LogP contribution in [0.3, 0.4) is 0 Å². The highest BCUT2D eigenvalue weighted by atomic mass is 79.9. The molecule has 0 spiro atoms. The summed E-state index contributed by atoms with van der Waals surface area (Å²) in [5.74, 6) is -2.34. The van der Waals surface area contributed by atoms with Gasteiger partial charge < -0.3 is 5.11 Å². The van der Waals surface area contributed by atoms with Crippen LogP contribution in [0.1, 0.15) is 15.9 Å². The molecule has 2 aromatic rings. The molecule has 0 aliphatic heterocycles. The summed E-state index contributed by atoms with van der Waals surface area (Å²) in [5, 5.41) is 8.86. The highest BCUT2D eigenvalue weighted by molar-refractivity contribution is 9.10. The fourth-order valence-corrected chi connectivity index (χ4v) is 3.31. The van der Waals surface area contributed by atoms with Gasteiger partial charge in [0.2, 0.25) is 10.0 Å². The lowest BCUT2D eigenvalue weighted by Gasteiger charge is -2.09. The number of hydrogen-bond acceptors (Lipinski definition) is 3. The molecule has 0 unspecified atom stereocenters. The van der Waals surface area contributed by atoms with E-state index in [-0.39, 0.29) is 12.1 Å². The van der Waals surface area contributed by atoms with E-state index >= 15 is 0 Å².